The number of carbonyl (C=O) groups excluding carboxylic acids is 3. The van der Waals surface area contributed by atoms with E-state index in [4.69, 9.17) is 0 Å². The molecule has 136 valence electrons. The number of thioether (sulfide) groups is 1. The first kappa shape index (κ1) is 18.4. The Labute approximate surface area is 155 Å². The smallest absolute Gasteiger partial charge is 0.293 e. The maximum Gasteiger partial charge on any atom is 0.293 e. The average Bonchev–Trinajstić information content (AvgIpc) is 2.91. The van der Waals surface area contributed by atoms with Gasteiger partial charge in [-0.25, -0.2) is 4.39 Å². The largest absolute Gasteiger partial charge is 0.354 e. The predicted molar refractivity (Wildman–Crippen MR) is 98.6 cm³/mol. The lowest BCUT2D eigenvalue weighted by Gasteiger charge is -2.18. The van der Waals surface area contributed by atoms with Gasteiger partial charge in [-0.05, 0) is 54.8 Å². The van der Waals surface area contributed by atoms with E-state index in [1.807, 2.05) is 6.08 Å². The summed E-state index contributed by atoms with van der Waals surface area (Å²) in [7, 11) is 0. The molecule has 3 amide bonds. The number of rotatable bonds is 5. The van der Waals surface area contributed by atoms with Crippen molar-refractivity contribution in [2.75, 3.05) is 13.1 Å². The van der Waals surface area contributed by atoms with Crippen LogP contribution in [0.3, 0.4) is 0 Å². The molecule has 2 aliphatic rings. The number of nitrogens with zero attached hydrogens (tertiary/aromatic N) is 1. The van der Waals surface area contributed by atoms with Crippen molar-refractivity contribution >= 4 is 34.9 Å². The molecule has 1 N–H and O–H groups in total. The molecular formula is C19H19FN2O3S. The summed E-state index contributed by atoms with van der Waals surface area (Å²) in [5.74, 6) is -0.824. The number of allylic oxidation sites excluding steroid dienone is 2. The molecule has 1 fully saturated rings. The van der Waals surface area contributed by atoms with Gasteiger partial charge in [-0.15, -0.1) is 0 Å². The Morgan fingerprint density at radius 3 is 2.73 bits per heavy atom. The molecule has 0 radical (unpaired) electrons. The number of benzene rings is 1. The summed E-state index contributed by atoms with van der Waals surface area (Å²) < 4.78 is 12.9. The zero-order valence-electron chi connectivity index (χ0n) is 14.1. The first-order chi connectivity index (χ1) is 12.5. The molecule has 7 heteroatoms. The Morgan fingerprint density at radius 1 is 1.27 bits per heavy atom. The Balaban J connectivity index is 1.54. The van der Waals surface area contributed by atoms with Crippen molar-refractivity contribution in [2.24, 2.45) is 5.92 Å². The second kappa shape index (κ2) is 8.31. The van der Waals surface area contributed by atoms with Gasteiger partial charge in [-0.1, -0.05) is 24.3 Å². The van der Waals surface area contributed by atoms with Crippen molar-refractivity contribution in [3.05, 3.63) is 52.7 Å². The quantitative estimate of drug-likeness (QED) is 0.634. The molecule has 1 saturated heterocycles. The first-order valence-corrected chi connectivity index (χ1v) is 9.30. The number of amides is 3. The van der Waals surface area contributed by atoms with Crippen molar-refractivity contribution in [1.82, 2.24) is 10.2 Å². The zero-order chi connectivity index (χ0) is 18.5. The molecule has 1 atom stereocenters. The zero-order valence-corrected chi connectivity index (χ0v) is 14.9. The second-order valence-electron chi connectivity index (χ2n) is 6.16. The van der Waals surface area contributed by atoms with Crippen LogP contribution in [0, 0.1) is 11.7 Å². The maximum absolute atomic E-state index is 12.9. The van der Waals surface area contributed by atoms with Crippen molar-refractivity contribution in [3.63, 3.8) is 0 Å². The molecule has 5 nitrogen and oxygen atoms in total. The monoisotopic (exact) mass is 374 g/mol. The number of nitrogens with one attached hydrogen (secondary N) is 1. The minimum Gasteiger partial charge on any atom is -0.354 e. The van der Waals surface area contributed by atoms with E-state index in [2.05, 4.69) is 11.4 Å². The van der Waals surface area contributed by atoms with Gasteiger partial charge in [0.25, 0.3) is 11.1 Å². The average molecular weight is 374 g/mol. The van der Waals surface area contributed by atoms with Gasteiger partial charge in [0.2, 0.25) is 5.91 Å². The van der Waals surface area contributed by atoms with Crippen LogP contribution >= 0.6 is 11.8 Å². The molecule has 1 aromatic rings. The fraction of sp³-hybridized carbons (Fsp3) is 0.316. The lowest BCUT2D eigenvalue weighted by molar-refractivity contribution is -0.126. The number of halogens is 1. The normalized spacial score (nSPS) is 21.5. The standard InChI is InChI=1S/C19H19FN2O3S/c20-15-8-6-13(7-9-15)12-16-18(24)22(19(25)26-16)11-10-21-17(23)14-4-2-1-3-5-14/h1-2,6-9,12,14H,3-5,10-11H2,(H,21,23)/b16-12-/t14-/m1/s1. The third-order valence-electron chi connectivity index (χ3n) is 4.32. The molecule has 1 aromatic carbocycles. The molecule has 26 heavy (non-hydrogen) atoms. The van der Waals surface area contributed by atoms with Crippen LogP contribution < -0.4 is 5.32 Å². The van der Waals surface area contributed by atoms with Crippen LogP contribution in [0.5, 0.6) is 0 Å². The highest BCUT2D eigenvalue weighted by Crippen LogP contribution is 2.31. The van der Waals surface area contributed by atoms with Gasteiger partial charge in [0, 0.05) is 19.0 Å². The number of hydrogen-bond donors (Lipinski definition) is 1. The van der Waals surface area contributed by atoms with Gasteiger partial charge in [0.1, 0.15) is 5.82 Å². The lowest BCUT2D eigenvalue weighted by atomic mass is 9.94. The van der Waals surface area contributed by atoms with E-state index in [-0.39, 0.29) is 41.9 Å². The molecule has 1 heterocycles. The molecular weight excluding hydrogens is 355 g/mol. The molecule has 0 aromatic heterocycles. The molecule has 0 spiro atoms. The van der Waals surface area contributed by atoms with Crippen LogP contribution in [0.15, 0.2) is 41.3 Å². The van der Waals surface area contributed by atoms with Gasteiger partial charge >= 0.3 is 0 Å². The topological polar surface area (TPSA) is 66.5 Å². The van der Waals surface area contributed by atoms with Crippen LogP contribution in [0.2, 0.25) is 0 Å². The fourth-order valence-electron chi connectivity index (χ4n) is 2.87. The Morgan fingerprint density at radius 2 is 2.04 bits per heavy atom. The molecule has 0 bridgehead atoms. The number of carbonyl (C=O) groups is 3. The Bertz CT molecular complexity index is 773. The van der Waals surface area contributed by atoms with Gasteiger partial charge in [0.15, 0.2) is 0 Å². The molecule has 0 saturated carbocycles. The van der Waals surface area contributed by atoms with E-state index >= 15 is 0 Å². The van der Waals surface area contributed by atoms with Gasteiger partial charge in [0.05, 0.1) is 4.91 Å². The summed E-state index contributed by atoms with van der Waals surface area (Å²) in [6, 6.07) is 5.68. The van der Waals surface area contributed by atoms with Crippen molar-refractivity contribution in [1.29, 1.82) is 0 Å². The summed E-state index contributed by atoms with van der Waals surface area (Å²) in [5.41, 5.74) is 0.649. The molecule has 3 rings (SSSR count). The lowest BCUT2D eigenvalue weighted by Crippen LogP contribution is -2.39. The molecule has 0 unspecified atom stereocenters. The highest BCUT2D eigenvalue weighted by Gasteiger charge is 2.34. The SMILES string of the molecule is O=C(NCCN1C(=O)S/C(=C\c2ccc(F)cc2)C1=O)[C@@H]1CC=CCC1. The van der Waals surface area contributed by atoms with Gasteiger partial charge < -0.3 is 5.32 Å². The minimum absolute atomic E-state index is 0.0340. The van der Waals surface area contributed by atoms with Crippen LogP contribution in [-0.4, -0.2) is 35.0 Å². The van der Waals surface area contributed by atoms with Crippen molar-refractivity contribution in [2.45, 2.75) is 19.3 Å². The van der Waals surface area contributed by atoms with E-state index < -0.39 is 0 Å². The summed E-state index contributed by atoms with van der Waals surface area (Å²) in [6.07, 6.45) is 8.09. The van der Waals surface area contributed by atoms with Crippen LogP contribution in [-0.2, 0) is 9.59 Å². The van der Waals surface area contributed by atoms with E-state index in [0.717, 1.165) is 35.9 Å². The third-order valence-corrected chi connectivity index (χ3v) is 5.22. The Kier molecular flexibility index (Phi) is 5.88. The molecule has 1 aliphatic carbocycles. The fourth-order valence-corrected chi connectivity index (χ4v) is 3.74. The highest BCUT2D eigenvalue weighted by molar-refractivity contribution is 8.18. The van der Waals surface area contributed by atoms with E-state index in [1.165, 1.54) is 12.1 Å². The van der Waals surface area contributed by atoms with Crippen LogP contribution in [0.1, 0.15) is 24.8 Å². The van der Waals surface area contributed by atoms with Crippen molar-refractivity contribution in [3.8, 4) is 0 Å². The number of imide groups is 1. The summed E-state index contributed by atoms with van der Waals surface area (Å²) in [4.78, 5) is 38.0. The predicted octanol–water partition coefficient (Wildman–Crippen LogP) is 3.33. The highest BCUT2D eigenvalue weighted by atomic mass is 32.2. The summed E-state index contributed by atoms with van der Waals surface area (Å²) in [5, 5.41) is 2.44. The molecule has 1 aliphatic heterocycles. The van der Waals surface area contributed by atoms with Crippen molar-refractivity contribution < 1.29 is 18.8 Å². The Hall–Kier alpha value is -2.41. The van der Waals surface area contributed by atoms with Crippen LogP contribution in [0.25, 0.3) is 6.08 Å². The van der Waals surface area contributed by atoms with Gasteiger partial charge in [-0.3, -0.25) is 19.3 Å². The van der Waals surface area contributed by atoms with E-state index in [9.17, 15) is 18.8 Å². The maximum atomic E-state index is 12.9. The minimum atomic E-state index is -0.390. The number of hydrogen-bond acceptors (Lipinski definition) is 4. The summed E-state index contributed by atoms with van der Waals surface area (Å²) in [6.45, 7) is 0.376. The second-order valence-corrected chi connectivity index (χ2v) is 7.15. The van der Waals surface area contributed by atoms with E-state index in [0.29, 0.717) is 10.5 Å². The first-order valence-electron chi connectivity index (χ1n) is 8.48. The van der Waals surface area contributed by atoms with Gasteiger partial charge in [-0.2, -0.15) is 0 Å². The van der Waals surface area contributed by atoms with Crippen LogP contribution in [0.4, 0.5) is 9.18 Å². The van der Waals surface area contributed by atoms with E-state index in [1.54, 1.807) is 18.2 Å². The summed E-state index contributed by atoms with van der Waals surface area (Å²) >= 11 is 0.851. The third kappa shape index (κ3) is 4.40.